The molecule has 0 aromatic heterocycles. The van der Waals surface area contributed by atoms with E-state index in [0.29, 0.717) is 6.42 Å². The Kier molecular flexibility index (Phi) is 6.28. The molecular formula is C18H29NO3. The second-order valence-electron chi connectivity index (χ2n) is 6.66. The van der Waals surface area contributed by atoms with Gasteiger partial charge in [-0.05, 0) is 32.7 Å². The van der Waals surface area contributed by atoms with Gasteiger partial charge >= 0.3 is 5.97 Å². The maximum Gasteiger partial charge on any atom is 0.351 e. The van der Waals surface area contributed by atoms with Crippen molar-refractivity contribution in [2.24, 2.45) is 5.92 Å². The summed E-state index contributed by atoms with van der Waals surface area (Å²) in [6.45, 7) is 3.79. The van der Waals surface area contributed by atoms with Gasteiger partial charge in [-0.2, -0.15) is 0 Å². The summed E-state index contributed by atoms with van der Waals surface area (Å²) in [5, 5.41) is 11.0. The molecule has 1 aliphatic heterocycles. The number of nitrogens with zero attached hydrogens (tertiary/aromatic N) is 1. The highest BCUT2D eigenvalue weighted by molar-refractivity contribution is 5.84. The maximum atomic E-state index is 12.6. The van der Waals surface area contributed by atoms with Crippen LogP contribution in [0.25, 0.3) is 0 Å². The molecule has 1 aliphatic carbocycles. The maximum absolute atomic E-state index is 12.6. The number of ether oxygens (including phenoxy) is 1. The van der Waals surface area contributed by atoms with E-state index in [1.165, 1.54) is 6.42 Å². The van der Waals surface area contributed by atoms with Gasteiger partial charge in [-0.1, -0.05) is 38.0 Å². The van der Waals surface area contributed by atoms with Gasteiger partial charge in [-0.3, -0.25) is 0 Å². The Morgan fingerprint density at radius 3 is 2.45 bits per heavy atom. The zero-order valence-electron chi connectivity index (χ0n) is 13.9. The summed E-state index contributed by atoms with van der Waals surface area (Å²) in [5.74, 6) is 5.13. The van der Waals surface area contributed by atoms with Crippen LogP contribution >= 0.6 is 0 Å². The number of hydrogen-bond donors (Lipinski definition) is 1. The van der Waals surface area contributed by atoms with E-state index < -0.39 is 11.6 Å². The number of likely N-dealkylation sites (tertiary alicyclic amines) is 1. The molecule has 22 heavy (non-hydrogen) atoms. The van der Waals surface area contributed by atoms with Crippen molar-refractivity contribution in [3.8, 4) is 11.8 Å². The first-order chi connectivity index (χ1) is 10.6. The smallest absolute Gasteiger partial charge is 0.351 e. The summed E-state index contributed by atoms with van der Waals surface area (Å²) in [6.07, 6.45) is 7.24. The van der Waals surface area contributed by atoms with Crippen molar-refractivity contribution < 1.29 is 14.6 Å². The first-order valence-electron chi connectivity index (χ1n) is 8.68. The van der Waals surface area contributed by atoms with Crippen molar-refractivity contribution in [3.63, 3.8) is 0 Å². The summed E-state index contributed by atoms with van der Waals surface area (Å²) in [6, 6.07) is 0. The van der Waals surface area contributed by atoms with Gasteiger partial charge in [-0.15, -0.1) is 0 Å². The molecule has 1 N–H and O–H groups in total. The predicted molar refractivity (Wildman–Crippen MR) is 86.2 cm³/mol. The van der Waals surface area contributed by atoms with Crippen molar-refractivity contribution >= 4 is 5.97 Å². The molecule has 1 unspecified atom stereocenters. The molecule has 1 heterocycles. The fourth-order valence-electron chi connectivity index (χ4n) is 3.41. The van der Waals surface area contributed by atoms with E-state index >= 15 is 0 Å². The van der Waals surface area contributed by atoms with Gasteiger partial charge in [0.15, 0.2) is 0 Å². The lowest BCUT2D eigenvalue weighted by Gasteiger charge is -2.35. The molecule has 1 saturated carbocycles. The molecule has 0 radical (unpaired) electrons. The third-order valence-electron chi connectivity index (χ3n) is 4.90. The van der Waals surface area contributed by atoms with E-state index in [0.717, 1.165) is 51.6 Å². The highest BCUT2D eigenvalue weighted by atomic mass is 16.6. The van der Waals surface area contributed by atoms with Crippen LogP contribution in [0.4, 0.5) is 0 Å². The number of carbonyl (C=O) groups is 1. The molecular weight excluding hydrogens is 278 g/mol. The fourth-order valence-corrected chi connectivity index (χ4v) is 3.41. The van der Waals surface area contributed by atoms with Crippen molar-refractivity contribution in [3.05, 3.63) is 0 Å². The number of piperidine rings is 1. The molecule has 1 atom stereocenters. The molecule has 124 valence electrons. The van der Waals surface area contributed by atoms with E-state index in [1.54, 1.807) is 0 Å². The van der Waals surface area contributed by atoms with E-state index in [9.17, 15) is 9.90 Å². The Labute approximate surface area is 134 Å². The Morgan fingerprint density at radius 1 is 1.23 bits per heavy atom. The molecule has 1 saturated heterocycles. The lowest BCUT2D eigenvalue weighted by Crippen LogP contribution is -2.49. The standard InChI is InChI=1S/C18H29NO3/c1-3-4-12-18(21,15-8-6-5-7-9-15)17(20)22-16-10-13-19(2)14-11-16/h15-16,21H,3,5-11,13-14H2,1-2H3. The number of carbonyl (C=O) groups excluding carboxylic acids is 1. The number of esters is 1. The third-order valence-corrected chi connectivity index (χ3v) is 4.90. The van der Waals surface area contributed by atoms with Crippen LogP contribution in [0.15, 0.2) is 0 Å². The van der Waals surface area contributed by atoms with Crippen LogP contribution < -0.4 is 0 Å². The van der Waals surface area contributed by atoms with Crippen LogP contribution in [0.1, 0.15) is 58.3 Å². The lowest BCUT2D eigenvalue weighted by molar-refractivity contribution is -0.173. The highest BCUT2D eigenvalue weighted by Crippen LogP contribution is 2.34. The van der Waals surface area contributed by atoms with Crippen molar-refractivity contribution in [2.45, 2.75) is 70.0 Å². The monoisotopic (exact) mass is 307 g/mol. The predicted octanol–water partition coefficient (Wildman–Crippen LogP) is 2.35. The van der Waals surface area contributed by atoms with E-state index in [-0.39, 0.29) is 12.0 Å². The normalized spacial score (nSPS) is 24.1. The number of hydrogen-bond acceptors (Lipinski definition) is 4. The minimum Gasteiger partial charge on any atom is -0.459 e. The van der Waals surface area contributed by atoms with Crippen LogP contribution in [0.3, 0.4) is 0 Å². The second-order valence-corrected chi connectivity index (χ2v) is 6.66. The highest BCUT2D eigenvalue weighted by Gasteiger charge is 2.45. The van der Waals surface area contributed by atoms with Gasteiger partial charge in [0, 0.05) is 25.4 Å². The van der Waals surface area contributed by atoms with Crippen LogP contribution in [0.2, 0.25) is 0 Å². The first kappa shape index (κ1) is 17.3. The lowest BCUT2D eigenvalue weighted by atomic mass is 9.77. The molecule has 0 amide bonds. The van der Waals surface area contributed by atoms with Crippen LogP contribution in [0.5, 0.6) is 0 Å². The van der Waals surface area contributed by atoms with Crippen LogP contribution in [-0.4, -0.2) is 47.8 Å². The molecule has 0 spiro atoms. The summed E-state index contributed by atoms with van der Waals surface area (Å²) < 4.78 is 5.64. The average molecular weight is 307 g/mol. The number of aliphatic hydroxyl groups is 1. The van der Waals surface area contributed by atoms with Gasteiger partial charge in [0.05, 0.1) is 0 Å². The summed E-state index contributed by atoms with van der Waals surface area (Å²) in [5.41, 5.74) is -1.61. The summed E-state index contributed by atoms with van der Waals surface area (Å²) in [7, 11) is 2.07. The van der Waals surface area contributed by atoms with Crippen molar-refractivity contribution in [2.75, 3.05) is 20.1 Å². The van der Waals surface area contributed by atoms with Gasteiger partial charge < -0.3 is 14.7 Å². The fraction of sp³-hybridized carbons (Fsp3) is 0.833. The van der Waals surface area contributed by atoms with E-state index in [4.69, 9.17) is 4.74 Å². The average Bonchev–Trinajstić information content (AvgIpc) is 2.55. The Morgan fingerprint density at radius 2 is 1.86 bits per heavy atom. The summed E-state index contributed by atoms with van der Waals surface area (Å²) >= 11 is 0. The minimum atomic E-state index is -1.61. The first-order valence-corrected chi connectivity index (χ1v) is 8.68. The van der Waals surface area contributed by atoms with E-state index in [2.05, 4.69) is 23.8 Å². The Balaban J connectivity index is 2.05. The largest absolute Gasteiger partial charge is 0.459 e. The SMILES string of the molecule is CCC#CC(O)(C(=O)OC1CCN(C)CC1)C1CCCCC1. The topological polar surface area (TPSA) is 49.8 Å². The van der Waals surface area contributed by atoms with Crippen molar-refractivity contribution in [1.29, 1.82) is 0 Å². The van der Waals surface area contributed by atoms with Gasteiger partial charge in [0.2, 0.25) is 5.60 Å². The third kappa shape index (κ3) is 4.24. The molecule has 0 aromatic carbocycles. The van der Waals surface area contributed by atoms with Gasteiger partial charge in [-0.25, -0.2) is 4.79 Å². The molecule has 4 nitrogen and oxygen atoms in total. The zero-order valence-corrected chi connectivity index (χ0v) is 13.9. The molecule has 2 rings (SSSR count). The molecule has 4 heteroatoms. The Bertz CT molecular complexity index is 425. The number of rotatable bonds is 3. The van der Waals surface area contributed by atoms with Gasteiger partial charge in [0.25, 0.3) is 0 Å². The quantitative estimate of drug-likeness (QED) is 0.642. The van der Waals surface area contributed by atoms with Crippen molar-refractivity contribution in [1.82, 2.24) is 4.90 Å². The van der Waals surface area contributed by atoms with Crippen LogP contribution in [0, 0.1) is 17.8 Å². The molecule has 0 aromatic rings. The van der Waals surface area contributed by atoms with E-state index in [1.807, 2.05) is 6.92 Å². The molecule has 2 fully saturated rings. The Hall–Kier alpha value is -1.05. The minimum absolute atomic E-state index is 0.0813. The summed E-state index contributed by atoms with van der Waals surface area (Å²) in [4.78, 5) is 14.9. The second kappa shape index (κ2) is 7.99. The zero-order chi connectivity index (χ0) is 16.0. The van der Waals surface area contributed by atoms with Crippen LogP contribution in [-0.2, 0) is 9.53 Å². The molecule has 0 bridgehead atoms. The molecule has 2 aliphatic rings. The van der Waals surface area contributed by atoms with Gasteiger partial charge in [0.1, 0.15) is 6.10 Å².